The SMILES string of the molecule is CSCC[C@H]1[C@H](C)C[C@H]2[C@@H]3CCC4=CCC=C[C@]4(C)[C@@]3(F)CC[C@]12C. The first kappa shape index (κ1) is 18.1. The van der Waals surface area contributed by atoms with E-state index in [9.17, 15) is 0 Å². The molecule has 4 rings (SSSR count). The molecule has 0 aromatic heterocycles. The summed E-state index contributed by atoms with van der Waals surface area (Å²) in [5, 5.41) is 0. The van der Waals surface area contributed by atoms with Crippen LogP contribution in [0.25, 0.3) is 0 Å². The molecular formula is C23H35FS. The highest BCUT2D eigenvalue weighted by molar-refractivity contribution is 7.98. The van der Waals surface area contributed by atoms with Crippen LogP contribution in [-0.4, -0.2) is 17.7 Å². The van der Waals surface area contributed by atoms with E-state index in [1.165, 1.54) is 24.2 Å². The van der Waals surface area contributed by atoms with Gasteiger partial charge >= 0.3 is 0 Å². The van der Waals surface area contributed by atoms with Crippen LogP contribution < -0.4 is 0 Å². The van der Waals surface area contributed by atoms with Crippen LogP contribution in [0.3, 0.4) is 0 Å². The van der Waals surface area contributed by atoms with Gasteiger partial charge in [0, 0.05) is 5.41 Å². The number of hydrogen-bond donors (Lipinski definition) is 0. The van der Waals surface area contributed by atoms with Gasteiger partial charge in [0.25, 0.3) is 0 Å². The van der Waals surface area contributed by atoms with Crippen molar-refractivity contribution in [2.24, 2.45) is 34.5 Å². The molecule has 0 saturated heterocycles. The summed E-state index contributed by atoms with van der Waals surface area (Å²) in [4.78, 5) is 0. The third-order valence-corrected chi connectivity index (χ3v) is 9.59. The van der Waals surface area contributed by atoms with Crippen molar-refractivity contribution in [2.75, 3.05) is 12.0 Å². The second-order valence-corrected chi connectivity index (χ2v) is 10.8. The van der Waals surface area contributed by atoms with Crippen LogP contribution >= 0.6 is 11.8 Å². The van der Waals surface area contributed by atoms with Crippen molar-refractivity contribution in [2.45, 2.75) is 71.4 Å². The largest absolute Gasteiger partial charge is 0.242 e. The van der Waals surface area contributed by atoms with Gasteiger partial charge in [-0.2, -0.15) is 11.8 Å². The van der Waals surface area contributed by atoms with Crippen molar-refractivity contribution >= 4 is 11.8 Å². The minimum absolute atomic E-state index is 0.262. The molecule has 7 atom stereocenters. The number of rotatable bonds is 3. The maximum absolute atomic E-state index is 16.8. The number of allylic oxidation sites excluding steroid dienone is 4. The fraction of sp³-hybridized carbons (Fsp3) is 0.826. The van der Waals surface area contributed by atoms with Crippen molar-refractivity contribution in [1.29, 1.82) is 0 Å². The molecule has 0 unspecified atom stereocenters. The zero-order chi connectivity index (χ0) is 17.9. The summed E-state index contributed by atoms with van der Waals surface area (Å²) in [6.07, 6.45) is 16.6. The third kappa shape index (κ3) is 2.38. The fourth-order valence-corrected chi connectivity index (χ4v) is 8.04. The zero-order valence-corrected chi connectivity index (χ0v) is 17.3. The smallest absolute Gasteiger partial charge is 0.126 e. The minimum atomic E-state index is -1.02. The van der Waals surface area contributed by atoms with Gasteiger partial charge in [0.1, 0.15) is 5.67 Å². The average molecular weight is 363 g/mol. The lowest BCUT2D eigenvalue weighted by Crippen LogP contribution is -2.59. The maximum Gasteiger partial charge on any atom is 0.126 e. The Morgan fingerprint density at radius 1 is 1.24 bits per heavy atom. The average Bonchev–Trinajstić information content (AvgIpc) is 2.84. The first-order valence-electron chi connectivity index (χ1n) is 10.4. The molecule has 0 spiro atoms. The highest BCUT2D eigenvalue weighted by Crippen LogP contribution is 2.70. The molecule has 140 valence electrons. The van der Waals surface area contributed by atoms with Gasteiger partial charge in [0.15, 0.2) is 0 Å². The number of fused-ring (bicyclic) bond motifs is 5. The first-order valence-corrected chi connectivity index (χ1v) is 11.8. The van der Waals surface area contributed by atoms with Crippen LogP contribution in [0, 0.1) is 34.5 Å². The van der Waals surface area contributed by atoms with E-state index >= 15 is 4.39 Å². The summed E-state index contributed by atoms with van der Waals surface area (Å²) in [6.45, 7) is 7.17. The van der Waals surface area contributed by atoms with Crippen LogP contribution in [0.5, 0.6) is 0 Å². The second kappa shape index (κ2) is 6.14. The zero-order valence-electron chi connectivity index (χ0n) is 16.5. The van der Waals surface area contributed by atoms with E-state index in [1.54, 1.807) is 0 Å². The Bertz CT molecular complexity index is 595. The van der Waals surface area contributed by atoms with Gasteiger partial charge in [0.05, 0.1) is 0 Å². The van der Waals surface area contributed by atoms with Crippen molar-refractivity contribution in [3.63, 3.8) is 0 Å². The summed E-state index contributed by atoms with van der Waals surface area (Å²) in [5.41, 5.74) is 0.399. The van der Waals surface area contributed by atoms with E-state index in [4.69, 9.17) is 0 Å². The van der Waals surface area contributed by atoms with Crippen LogP contribution in [0.1, 0.15) is 65.7 Å². The van der Waals surface area contributed by atoms with Crippen molar-refractivity contribution in [3.05, 3.63) is 23.8 Å². The highest BCUT2D eigenvalue weighted by atomic mass is 32.2. The minimum Gasteiger partial charge on any atom is -0.242 e. The topological polar surface area (TPSA) is 0 Å². The van der Waals surface area contributed by atoms with Gasteiger partial charge in [-0.05, 0) is 93.0 Å². The molecule has 0 radical (unpaired) electrons. The molecule has 4 aliphatic rings. The van der Waals surface area contributed by atoms with E-state index in [-0.39, 0.29) is 11.3 Å². The summed E-state index contributed by atoms with van der Waals surface area (Å²) in [7, 11) is 0. The molecule has 0 aliphatic heterocycles. The molecule has 0 nitrogen and oxygen atoms in total. The molecule has 0 bridgehead atoms. The Morgan fingerprint density at radius 2 is 2.04 bits per heavy atom. The quantitative estimate of drug-likeness (QED) is 0.496. The summed E-state index contributed by atoms with van der Waals surface area (Å²) < 4.78 is 16.8. The molecular weight excluding hydrogens is 327 g/mol. The second-order valence-electron chi connectivity index (χ2n) is 9.79. The first-order chi connectivity index (χ1) is 11.9. The third-order valence-electron chi connectivity index (χ3n) is 8.95. The summed E-state index contributed by atoms with van der Waals surface area (Å²) in [5.74, 6) is 3.66. The normalized spacial score (nSPS) is 51.5. The molecule has 0 N–H and O–H groups in total. The Labute approximate surface area is 158 Å². The lowest BCUT2D eigenvalue weighted by atomic mass is 9.46. The van der Waals surface area contributed by atoms with E-state index in [0.717, 1.165) is 43.9 Å². The molecule has 2 heteroatoms. The van der Waals surface area contributed by atoms with Crippen molar-refractivity contribution in [1.82, 2.24) is 0 Å². The maximum atomic E-state index is 16.8. The Kier molecular flexibility index (Phi) is 4.46. The fourth-order valence-electron chi connectivity index (χ4n) is 7.55. The molecule has 0 amide bonds. The lowest BCUT2D eigenvalue weighted by Gasteiger charge is -2.60. The van der Waals surface area contributed by atoms with Gasteiger partial charge < -0.3 is 0 Å². The Balaban J connectivity index is 1.68. The Morgan fingerprint density at radius 3 is 2.80 bits per heavy atom. The summed E-state index contributed by atoms with van der Waals surface area (Å²) >= 11 is 1.97. The molecule has 3 fully saturated rings. The van der Waals surface area contributed by atoms with E-state index in [0.29, 0.717) is 11.3 Å². The van der Waals surface area contributed by atoms with Crippen LogP contribution in [0.15, 0.2) is 23.8 Å². The molecule has 0 heterocycles. The molecule has 0 aromatic rings. The standard InChI is InChI=1S/C23H35FS/c1-16-15-20-19-9-8-17-7-5-6-11-22(17,3)23(19,24)13-12-21(20,2)18(16)10-14-25-4/h6-7,11,16,18-20H,5,8-10,12-15H2,1-4H3/t16-,18+,19+,20+,21-,22+,23-/m1/s1. The van der Waals surface area contributed by atoms with Crippen LogP contribution in [-0.2, 0) is 0 Å². The van der Waals surface area contributed by atoms with Crippen molar-refractivity contribution in [3.8, 4) is 0 Å². The van der Waals surface area contributed by atoms with Gasteiger partial charge in [-0.1, -0.05) is 37.6 Å². The van der Waals surface area contributed by atoms with Gasteiger partial charge in [0.2, 0.25) is 0 Å². The predicted octanol–water partition coefficient (Wildman–Crippen LogP) is 6.82. The Hall–Kier alpha value is -0.240. The van der Waals surface area contributed by atoms with Gasteiger partial charge in [-0.15, -0.1) is 0 Å². The molecule has 0 aromatic carbocycles. The van der Waals surface area contributed by atoms with Gasteiger partial charge in [-0.25, -0.2) is 4.39 Å². The van der Waals surface area contributed by atoms with Crippen LogP contribution in [0.2, 0.25) is 0 Å². The highest BCUT2D eigenvalue weighted by Gasteiger charge is 2.66. The summed E-state index contributed by atoms with van der Waals surface area (Å²) in [6, 6.07) is 0. The van der Waals surface area contributed by atoms with E-state index in [2.05, 4.69) is 45.3 Å². The lowest BCUT2D eigenvalue weighted by molar-refractivity contribution is -0.126. The van der Waals surface area contributed by atoms with E-state index in [1.807, 2.05) is 11.8 Å². The number of thioether (sulfide) groups is 1. The number of alkyl halides is 1. The van der Waals surface area contributed by atoms with Crippen molar-refractivity contribution < 1.29 is 4.39 Å². The van der Waals surface area contributed by atoms with E-state index < -0.39 is 5.67 Å². The molecule has 3 saturated carbocycles. The number of hydrogen-bond acceptors (Lipinski definition) is 1. The molecule has 4 aliphatic carbocycles. The van der Waals surface area contributed by atoms with Crippen LogP contribution in [0.4, 0.5) is 4.39 Å². The monoisotopic (exact) mass is 362 g/mol. The number of halogens is 1. The predicted molar refractivity (Wildman–Crippen MR) is 108 cm³/mol. The van der Waals surface area contributed by atoms with Gasteiger partial charge in [-0.3, -0.25) is 0 Å². The molecule has 25 heavy (non-hydrogen) atoms.